The van der Waals surface area contributed by atoms with Crippen LogP contribution in [0.3, 0.4) is 0 Å². The van der Waals surface area contributed by atoms with Gasteiger partial charge >= 0.3 is 0 Å². The summed E-state index contributed by atoms with van der Waals surface area (Å²) < 4.78 is 0. The molecule has 0 radical (unpaired) electrons. The van der Waals surface area contributed by atoms with Gasteiger partial charge < -0.3 is 0 Å². The Labute approximate surface area is 475 Å². The van der Waals surface area contributed by atoms with Gasteiger partial charge in [-0.1, -0.05) is 273 Å². The highest BCUT2D eigenvalue weighted by Crippen LogP contribution is 2.46. The van der Waals surface area contributed by atoms with Gasteiger partial charge in [0.15, 0.2) is 0 Å². The lowest BCUT2D eigenvalue weighted by Crippen LogP contribution is -1.90. The van der Waals surface area contributed by atoms with Gasteiger partial charge in [-0.05, 0) is 206 Å². The van der Waals surface area contributed by atoms with Gasteiger partial charge in [0.1, 0.15) is 0 Å². The molecule has 0 nitrogen and oxygen atoms in total. The third-order valence-corrected chi connectivity index (χ3v) is 17.8. The van der Waals surface area contributed by atoms with Crippen LogP contribution in [-0.2, 0) is 0 Å². The van der Waals surface area contributed by atoms with Crippen molar-refractivity contribution in [3.8, 4) is 89.0 Å². The maximum absolute atomic E-state index is 2.38. The molecule has 0 aliphatic rings. The van der Waals surface area contributed by atoms with Crippen molar-refractivity contribution in [2.45, 2.75) is 0 Å². The standard InChI is InChI=1S/C82H50/c1-3-10-61-46-67(28-22-51(61)8-1)53-18-24-55(25-19-53)71-38-30-57-36-44-77-73(40-32-59-34-42-75(71)79(57)81(59)77)69-16-6-14-65(49-69)63-12-5-13-64(48-63)66-15-7-17-70(50-66)74-41-33-60-35-43-76-72(39-31-58-37-45-78(74)82(60)80(58)76)56-26-20-54(21-27-56)68-29-23-52-9-2-4-11-62(52)47-68/h1-50H. The van der Waals surface area contributed by atoms with Crippen LogP contribution in [-0.4, -0.2) is 0 Å². The minimum Gasteiger partial charge on any atom is -0.0616 e. The molecule has 0 heterocycles. The van der Waals surface area contributed by atoms with Crippen molar-refractivity contribution in [2.24, 2.45) is 0 Å². The number of rotatable bonds is 8. The van der Waals surface area contributed by atoms with Gasteiger partial charge in [0.2, 0.25) is 0 Å². The second-order valence-corrected chi connectivity index (χ2v) is 22.3. The Morgan fingerprint density at radius 3 is 0.720 bits per heavy atom. The summed E-state index contributed by atoms with van der Waals surface area (Å²) in [7, 11) is 0. The fourth-order valence-corrected chi connectivity index (χ4v) is 13.6. The van der Waals surface area contributed by atoms with E-state index >= 15 is 0 Å². The van der Waals surface area contributed by atoms with Gasteiger partial charge in [-0.3, -0.25) is 0 Å². The number of hydrogen-bond acceptors (Lipinski definition) is 0. The zero-order valence-corrected chi connectivity index (χ0v) is 44.9. The monoisotopic (exact) mass is 1030 g/mol. The van der Waals surface area contributed by atoms with Crippen molar-refractivity contribution >= 4 is 86.2 Å². The first-order valence-corrected chi connectivity index (χ1v) is 28.5. The van der Waals surface area contributed by atoms with E-state index in [1.54, 1.807) is 0 Å². The van der Waals surface area contributed by atoms with Crippen LogP contribution >= 0.6 is 0 Å². The van der Waals surface area contributed by atoms with Crippen molar-refractivity contribution in [3.05, 3.63) is 303 Å². The summed E-state index contributed by atoms with van der Waals surface area (Å²) in [6.07, 6.45) is 0. The average molecular weight is 1040 g/mol. The third kappa shape index (κ3) is 7.53. The fourth-order valence-electron chi connectivity index (χ4n) is 13.6. The van der Waals surface area contributed by atoms with Crippen molar-refractivity contribution in [1.29, 1.82) is 0 Å². The summed E-state index contributed by atoms with van der Waals surface area (Å²) in [6, 6.07) is 113. The van der Waals surface area contributed by atoms with E-state index in [4.69, 9.17) is 0 Å². The van der Waals surface area contributed by atoms with Gasteiger partial charge in [-0.2, -0.15) is 0 Å². The largest absolute Gasteiger partial charge is 0.0616 e. The van der Waals surface area contributed by atoms with Crippen LogP contribution in [0.2, 0.25) is 0 Å². The molecule has 0 fully saturated rings. The van der Waals surface area contributed by atoms with E-state index in [1.165, 1.54) is 175 Å². The van der Waals surface area contributed by atoms with Gasteiger partial charge in [-0.25, -0.2) is 0 Å². The highest BCUT2D eigenvalue weighted by molar-refractivity contribution is 6.29. The molecule has 0 amide bonds. The van der Waals surface area contributed by atoms with E-state index < -0.39 is 0 Å². The predicted octanol–water partition coefficient (Wildman–Crippen LogP) is 23.1. The fraction of sp³-hybridized carbons (Fsp3) is 0. The molecule has 0 bridgehead atoms. The van der Waals surface area contributed by atoms with E-state index in [9.17, 15) is 0 Å². The molecule has 17 aromatic carbocycles. The summed E-state index contributed by atoms with van der Waals surface area (Å²) in [5.41, 5.74) is 19.6. The Kier molecular flexibility index (Phi) is 10.4. The molecule has 0 saturated carbocycles. The molecule has 17 rings (SSSR count). The first kappa shape index (κ1) is 46.3. The van der Waals surface area contributed by atoms with Crippen LogP contribution < -0.4 is 0 Å². The maximum Gasteiger partial charge on any atom is -0.00203 e. The topological polar surface area (TPSA) is 0 Å². The lowest BCUT2D eigenvalue weighted by molar-refractivity contribution is 1.58. The molecular formula is C82H50. The minimum absolute atomic E-state index is 1.20. The molecular weight excluding hydrogens is 985 g/mol. The van der Waals surface area contributed by atoms with E-state index in [0.29, 0.717) is 0 Å². The van der Waals surface area contributed by atoms with Gasteiger partial charge in [0.25, 0.3) is 0 Å². The van der Waals surface area contributed by atoms with Gasteiger partial charge in [0, 0.05) is 0 Å². The Hall–Kier alpha value is -10.7. The van der Waals surface area contributed by atoms with E-state index in [-0.39, 0.29) is 0 Å². The normalized spacial score (nSPS) is 11.9. The minimum atomic E-state index is 1.20. The lowest BCUT2D eigenvalue weighted by atomic mass is 9.86. The lowest BCUT2D eigenvalue weighted by Gasteiger charge is -2.17. The Morgan fingerprint density at radius 2 is 0.366 bits per heavy atom. The summed E-state index contributed by atoms with van der Waals surface area (Å²) in [4.78, 5) is 0. The Morgan fingerprint density at radius 1 is 0.122 bits per heavy atom. The van der Waals surface area contributed by atoms with E-state index in [2.05, 4.69) is 303 Å². The van der Waals surface area contributed by atoms with Crippen molar-refractivity contribution in [1.82, 2.24) is 0 Å². The first-order valence-electron chi connectivity index (χ1n) is 28.5. The molecule has 0 aliphatic heterocycles. The van der Waals surface area contributed by atoms with Crippen molar-refractivity contribution < 1.29 is 0 Å². The van der Waals surface area contributed by atoms with Crippen LogP contribution in [0, 0.1) is 0 Å². The van der Waals surface area contributed by atoms with Crippen LogP contribution in [0.5, 0.6) is 0 Å². The number of fused-ring (bicyclic) bond motifs is 2. The van der Waals surface area contributed by atoms with Crippen LogP contribution in [0.15, 0.2) is 303 Å². The molecule has 0 unspecified atom stereocenters. The second-order valence-electron chi connectivity index (χ2n) is 22.3. The molecule has 0 heteroatoms. The number of benzene rings is 17. The summed E-state index contributed by atoms with van der Waals surface area (Å²) in [6.45, 7) is 0. The predicted molar refractivity (Wildman–Crippen MR) is 352 cm³/mol. The van der Waals surface area contributed by atoms with Crippen LogP contribution in [0.4, 0.5) is 0 Å². The summed E-state index contributed by atoms with van der Waals surface area (Å²) in [5, 5.41) is 20.5. The SMILES string of the molecule is c1cc(-c2cccc(-c3ccc4ccc5c(-c6ccc(-c7ccc8ccccc8c7)cc6)ccc6ccc3c4c65)c2)cc(-c2cccc(-c3ccc4ccc5c(-c6ccc(-c7ccc8ccccc8c7)cc6)ccc6ccc3c4c65)c2)c1. The molecule has 0 aliphatic carbocycles. The molecule has 378 valence electrons. The average Bonchev–Trinajstić information content (AvgIpc) is 2.18. The molecule has 0 N–H and O–H groups in total. The first-order chi connectivity index (χ1) is 40.6. The van der Waals surface area contributed by atoms with Crippen LogP contribution in [0.25, 0.3) is 175 Å². The molecule has 82 heavy (non-hydrogen) atoms. The van der Waals surface area contributed by atoms with Crippen molar-refractivity contribution in [2.75, 3.05) is 0 Å². The molecule has 0 atom stereocenters. The number of hydrogen-bond donors (Lipinski definition) is 0. The highest BCUT2D eigenvalue weighted by atomic mass is 14.2. The molecule has 0 aromatic heterocycles. The quantitative estimate of drug-likeness (QED) is 0.133. The van der Waals surface area contributed by atoms with E-state index in [1.807, 2.05) is 0 Å². The zero-order chi connectivity index (χ0) is 53.8. The third-order valence-electron chi connectivity index (χ3n) is 17.8. The zero-order valence-electron chi connectivity index (χ0n) is 44.9. The van der Waals surface area contributed by atoms with Crippen LogP contribution in [0.1, 0.15) is 0 Å². The van der Waals surface area contributed by atoms with Gasteiger partial charge in [0.05, 0.1) is 0 Å². The second kappa shape index (κ2) is 18.5. The summed E-state index contributed by atoms with van der Waals surface area (Å²) >= 11 is 0. The smallest absolute Gasteiger partial charge is 0.00203 e. The molecule has 0 spiro atoms. The highest BCUT2D eigenvalue weighted by Gasteiger charge is 2.19. The summed E-state index contributed by atoms with van der Waals surface area (Å²) in [5.74, 6) is 0. The van der Waals surface area contributed by atoms with E-state index in [0.717, 1.165) is 0 Å². The van der Waals surface area contributed by atoms with Crippen molar-refractivity contribution in [3.63, 3.8) is 0 Å². The molecule has 17 aromatic rings. The maximum atomic E-state index is 2.38. The van der Waals surface area contributed by atoms with Gasteiger partial charge in [-0.15, -0.1) is 0 Å². The molecule has 0 saturated heterocycles. The Bertz CT molecular complexity index is 5040. The Balaban J connectivity index is 0.686.